The van der Waals surface area contributed by atoms with Gasteiger partial charge in [-0.1, -0.05) is 11.6 Å². The molecule has 1 rings (SSSR count). The number of methoxy groups -OCH3 is 1. The molecule has 0 spiro atoms. The Kier molecular flexibility index (Phi) is 4.43. The number of hydrogen-bond acceptors (Lipinski definition) is 3. The van der Waals surface area contributed by atoms with Gasteiger partial charge in [0.05, 0.1) is 23.9 Å². The second-order valence-corrected chi connectivity index (χ2v) is 3.83. The molecule has 1 aromatic carbocycles. The molecular weight excluding hydrogens is 230 g/mol. The number of carbonyl (C=O) groups excluding carboxylic acids is 1. The molecule has 0 saturated heterocycles. The summed E-state index contributed by atoms with van der Waals surface area (Å²) in [5.41, 5.74) is 0.465. The topological polar surface area (TPSA) is 47.6 Å². The van der Waals surface area contributed by atoms with E-state index >= 15 is 0 Å². The predicted octanol–water partition coefficient (Wildman–Crippen LogP) is 3.31. The molecule has 0 aliphatic heterocycles. The summed E-state index contributed by atoms with van der Waals surface area (Å²) in [6.07, 6.45) is -0.713. The minimum absolute atomic E-state index is 0.176. The summed E-state index contributed by atoms with van der Waals surface area (Å²) >= 11 is 5.91. The van der Waals surface area contributed by atoms with Crippen LogP contribution >= 0.6 is 11.6 Å². The maximum absolute atomic E-state index is 11.3. The van der Waals surface area contributed by atoms with Crippen LogP contribution in [0.1, 0.15) is 13.8 Å². The molecule has 0 fully saturated rings. The van der Waals surface area contributed by atoms with Crippen LogP contribution in [0.5, 0.6) is 5.75 Å². The van der Waals surface area contributed by atoms with Gasteiger partial charge in [0.2, 0.25) is 0 Å². The van der Waals surface area contributed by atoms with E-state index in [1.165, 1.54) is 0 Å². The largest absolute Gasteiger partial charge is 0.497 e. The fraction of sp³-hybridized carbons (Fsp3) is 0.364. The van der Waals surface area contributed by atoms with Gasteiger partial charge in [0.25, 0.3) is 0 Å². The fourth-order valence-electron chi connectivity index (χ4n) is 1.08. The van der Waals surface area contributed by atoms with Crippen LogP contribution in [0.2, 0.25) is 5.02 Å². The highest BCUT2D eigenvalue weighted by atomic mass is 35.5. The summed E-state index contributed by atoms with van der Waals surface area (Å²) in [6, 6.07) is 4.98. The second kappa shape index (κ2) is 5.61. The highest BCUT2D eigenvalue weighted by Crippen LogP contribution is 2.26. The Morgan fingerprint density at radius 2 is 2.12 bits per heavy atom. The highest BCUT2D eigenvalue weighted by Gasteiger charge is 2.09. The fourth-order valence-corrected chi connectivity index (χ4v) is 1.25. The third-order valence-electron chi connectivity index (χ3n) is 1.75. The van der Waals surface area contributed by atoms with Gasteiger partial charge in [0.1, 0.15) is 5.75 Å². The number of halogens is 1. The Bertz CT molecular complexity index is 379. The van der Waals surface area contributed by atoms with Crippen molar-refractivity contribution in [3.05, 3.63) is 23.2 Å². The normalized spacial score (nSPS) is 10.1. The number of ether oxygens (including phenoxy) is 2. The molecule has 88 valence electrons. The van der Waals surface area contributed by atoms with Crippen LogP contribution in [0.3, 0.4) is 0 Å². The average Bonchev–Trinajstić information content (AvgIpc) is 2.20. The Morgan fingerprint density at radius 3 is 2.69 bits per heavy atom. The lowest BCUT2D eigenvalue weighted by Crippen LogP contribution is -2.18. The van der Waals surface area contributed by atoms with E-state index in [4.69, 9.17) is 21.1 Å². The van der Waals surface area contributed by atoms with E-state index in [2.05, 4.69) is 5.32 Å². The van der Waals surface area contributed by atoms with Crippen molar-refractivity contribution in [1.82, 2.24) is 0 Å². The van der Waals surface area contributed by atoms with Gasteiger partial charge >= 0.3 is 6.09 Å². The Morgan fingerprint density at radius 1 is 1.44 bits per heavy atom. The molecule has 0 atom stereocenters. The number of benzene rings is 1. The van der Waals surface area contributed by atoms with Gasteiger partial charge in [0, 0.05) is 6.07 Å². The van der Waals surface area contributed by atoms with E-state index in [-0.39, 0.29) is 6.10 Å². The summed E-state index contributed by atoms with van der Waals surface area (Å²) in [4.78, 5) is 11.3. The van der Waals surface area contributed by atoms with Gasteiger partial charge in [-0.2, -0.15) is 0 Å². The smallest absolute Gasteiger partial charge is 0.411 e. The van der Waals surface area contributed by atoms with Crippen molar-refractivity contribution in [3.63, 3.8) is 0 Å². The zero-order valence-corrected chi connectivity index (χ0v) is 10.2. The third kappa shape index (κ3) is 3.62. The van der Waals surface area contributed by atoms with Crippen molar-refractivity contribution in [2.75, 3.05) is 12.4 Å². The lowest BCUT2D eigenvalue weighted by Gasteiger charge is -2.11. The van der Waals surface area contributed by atoms with Crippen LogP contribution in [0.4, 0.5) is 10.5 Å². The molecule has 0 heterocycles. The third-order valence-corrected chi connectivity index (χ3v) is 2.08. The molecule has 1 N–H and O–H groups in total. The van der Waals surface area contributed by atoms with Crippen LogP contribution in [0.25, 0.3) is 0 Å². The van der Waals surface area contributed by atoms with Crippen molar-refractivity contribution >= 4 is 23.4 Å². The zero-order valence-electron chi connectivity index (χ0n) is 9.41. The summed E-state index contributed by atoms with van der Waals surface area (Å²) in [5.74, 6) is 0.615. The number of carbonyl (C=O) groups is 1. The molecule has 0 radical (unpaired) electrons. The van der Waals surface area contributed by atoms with Crippen molar-refractivity contribution in [2.24, 2.45) is 0 Å². The summed E-state index contributed by atoms with van der Waals surface area (Å²) in [7, 11) is 1.54. The van der Waals surface area contributed by atoms with E-state index < -0.39 is 6.09 Å². The summed E-state index contributed by atoms with van der Waals surface area (Å²) in [5, 5.41) is 2.98. The van der Waals surface area contributed by atoms with E-state index in [1.807, 2.05) is 0 Å². The highest BCUT2D eigenvalue weighted by molar-refractivity contribution is 6.33. The van der Waals surface area contributed by atoms with Crippen LogP contribution in [-0.4, -0.2) is 19.3 Å². The van der Waals surface area contributed by atoms with E-state index in [1.54, 1.807) is 39.2 Å². The molecule has 16 heavy (non-hydrogen) atoms. The SMILES string of the molecule is COc1ccc(Cl)c(NC(=O)OC(C)C)c1. The monoisotopic (exact) mass is 243 g/mol. The lowest BCUT2D eigenvalue weighted by atomic mass is 10.3. The first-order chi connectivity index (χ1) is 7.52. The zero-order chi connectivity index (χ0) is 12.1. The first-order valence-corrected chi connectivity index (χ1v) is 5.22. The van der Waals surface area contributed by atoms with Crippen LogP contribution in [-0.2, 0) is 4.74 Å². The molecular formula is C11H14ClNO3. The number of hydrogen-bond donors (Lipinski definition) is 1. The van der Waals surface area contributed by atoms with Gasteiger partial charge in [0.15, 0.2) is 0 Å². The Hall–Kier alpha value is -1.42. The molecule has 1 aromatic rings. The molecule has 0 aromatic heterocycles. The molecule has 0 aliphatic carbocycles. The maximum atomic E-state index is 11.3. The quantitative estimate of drug-likeness (QED) is 0.886. The van der Waals surface area contributed by atoms with E-state index in [0.717, 1.165) is 0 Å². The van der Waals surface area contributed by atoms with Gasteiger partial charge < -0.3 is 9.47 Å². The maximum Gasteiger partial charge on any atom is 0.411 e. The van der Waals surface area contributed by atoms with Gasteiger partial charge in [-0.15, -0.1) is 0 Å². The summed E-state index contributed by atoms with van der Waals surface area (Å²) < 4.78 is 9.95. The lowest BCUT2D eigenvalue weighted by molar-refractivity contribution is 0.130. The van der Waals surface area contributed by atoms with Gasteiger partial charge in [-0.3, -0.25) is 5.32 Å². The number of rotatable bonds is 3. The standard InChI is InChI=1S/C11H14ClNO3/c1-7(2)16-11(14)13-10-6-8(15-3)4-5-9(10)12/h4-7H,1-3H3,(H,13,14). The molecule has 0 saturated carbocycles. The molecule has 0 bridgehead atoms. The molecule has 1 amide bonds. The van der Waals surface area contributed by atoms with Crippen LogP contribution < -0.4 is 10.1 Å². The molecule has 0 aliphatic rings. The van der Waals surface area contributed by atoms with E-state index in [9.17, 15) is 4.79 Å². The van der Waals surface area contributed by atoms with E-state index in [0.29, 0.717) is 16.5 Å². The molecule has 5 heteroatoms. The molecule has 4 nitrogen and oxygen atoms in total. The van der Waals surface area contributed by atoms with Crippen LogP contribution in [0, 0.1) is 0 Å². The number of amides is 1. The number of nitrogens with one attached hydrogen (secondary N) is 1. The number of anilines is 1. The summed E-state index contributed by atoms with van der Waals surface area (Å²) in [6.45, 7) is 3.54. The minimum atomic E-state index is -0.537. The van der Waals surface area contributed by atoms with Crippen molar-refractivity contribution < 1.29 is 14.3 Å². The predicted molar refractivity (Wildman–Crippen MR) is 63.2 cm³/mol. The van der Waals surface area contributed by atoms with Crippen LogP contribution in [0.15, 0.2) is 18.2 Å². The van der Waals surface area contributed by atoms with Crippen molar-refractivity contribution in [1.29, 1.82) is 0 Å². The Balaban J connectivity index is 2.75. The van der Waals surface area contributed by atoms with Crippen molar-refractivity contribution in [3.8, 4) is 5.75 Å². The van der Waals surface area contributed by atoms with Crippen molar-refractivity contribution in [2.45, 2.75) is 20.0 Å². The van der Waals surface area contributed by atoms with Gasteiger partial charge in [-0.25, -0.2) is 4.79 Å². The average molecular weight is 244 g/mol. The second-order valence-electron chi connectivity index (χ2n) is 3.42. The molecule has 0 unspecified atom stereocenters. The first-order valence-electron chi connectivity index (χ1n) is 4.84. The first kappa shape index (κ1) is 12.6. The van der Waals surface area contributed by atoms with Gasteiger partial charge in [-0.05, 0) is 26.0 Å². The Labute approximate surface area is 99.5 Å². The minimum Gasteiger partial charge on any atom is -0.497 e.